The van der Waals surface area contributed by atoms with E-state index in [-0.39, 0.29) is 6.04 Å². The average molecular weight is 405 g/mol. The topological polar surface area (TPSA) is 114 Å². The Bertz CT molecular complexity index is 1160. The number of pyridine rings is 1. The van der Waals surface area contributed by atoms with Gasteiger partial charge in [0.1, 0.15) is 11.3 Å². The molecule has 2 atom stereocenters. The molecule has 5 heterocycles. The van der Waals surface area contributed by atoms with E-state index in [0.29, 0.717) is 19.1 Å². The van der Waals surface area contributed by atoms with Gasteiger partial charge in [-0.05, 0) is 31.5 Å². The van der Waals surface area contributed by atoms with Crippen LogP contribution in [-0.2, 0) is 4.74 Å². The first-order valence-corrected chi connectivity index (χ1v) is 10.0. The predicted octanol–water partition coefficient (Wildman–Crippen LogP) is 2.64. The zero-order valence-corrected chi connectivity index (χ0v) is 16.6. The molecule has 3 N–H and O–H groups in total. The molecule has 4 aromatic rings. The number of aromatic amines is 1. The number of nitrogens with zero attached hydrogens (tertiary/aromatic N) is 5. The van der Waals surface area contributed by atoms with Crippen LogP contribution in [0.3, 0.4) is 0 Å². The SMILES string of the molecule is C[C@H](O)CNc1nccc(-c2cn(C3CCOC3)nc2-c2cnc3[nH]ccc3c2)n1. The van der Waals surface area contributed by atoms with Gasteiger partial charge >= 0.3 is 0 Å². The van der Waals surface area contributed by atoms with Crippen LogP contribution in [0.2, 0.25) is 0 Å². The van der Waals surface area contributed by atoms with Crippen LogP contribution in [-0.4, -0.2) is 60.7 Å². The van der Waals surface area contributed by atoms with Crippen LogP contribution >= 0.6 is 0 Å². The lowest BCUT2D eigenvalue weighted by molar-refractivity contribution is 0.184. The molecule has 30 heavy (non-hydrogen) atoms. The first kappa shape index (κ1) is 18.7. The number of fused-ring (bicyclic) bond motifs is 1. The molecule has 1 aliphatic heterocycles. The number of aliphatic hydroxyl groups excluding tert-OH is 1. The van der Waals surface area contributed by atoms with Crippen molar-refractivity contribution in [3.63, 3.8) is 0 Å². The van der Waals surface area contributed by atoms with E-state index >= 15 is 0 Å². The van der Waals surface area contributed by atoms with Gasteiger partial charge in [0.15, 0.2) is 0 Å². The molecule has 0 bridgehead atoms. The average Bonchev–Trinajstić information content (AvgIpc) is 3.51. The third kappa shape index (κ3) is 3.64. The Morgan fingerprint density at radius 3 is 3.13 bits per heavy atom. The number of anilines is 1. The van der Waals surface area contributed by atoms with Crippen LogP contribution in [0.25, 0.3) is 33.5 Å². The Morgan fingerprint density at radius 2 is 2.30 bits per heavy atom. The minimum absolute atomic E-state index is 0.205. The van der Waals surface area contributed by atoms with Crippen molar-refractivity contribution in [2.75, 3.05) is 25.1 Å². The number of hydrogen-bond donors (Lipinski definition) is 3. The second kappa shape index (κ2) is 7.85. The summed E-state index contributed by atoms with van der Waals surface area (Å²) >= 11 is 0. The minimum atomic E-state index is -0.489. The Labute approximate surface area is 173 Å². The zero-order chi connectivity index (χ0) is 20.5. The summed E-state index contributed by atoms with van der Waals surface area (Å²) in [6.45, 7) is 3.49. The van der Waals surface area contributed by atoms with Crippen LogP contribution in [0.5, 0.6) is 0 Å². The van der Waals surface area contributed by atoms with E-state index in [4.69, 9.17) is 9.84 Å². The monoisotopic (exact) mass is 405 g/mol. The number of aliphatic hydroxyl groups is 1. The quantitative estimate of drug-likeness (QED) is 0.452. The van der Waals surface area contributed by atoms with Gasteiger partial charge in [-0.1, -0.05) is 0 Å². The van der Waals surface area contributed by atoms with E-state index in [2.05, 4.69) is 31.3 Å². The maximum absolute atomic E-state index is 9.53. The van der Waals surface area contributed by atoms with Crippen LogP contribution in [0.4, 0.5) is 5.95 Å². The molecule has 154 valence electrons. The number of nitrogens with one attached hydrogen (secondary N) is 2. The lowest BCUT2D eigenvalue weighted by atomic mass is 10.1. The maximum Gasteiger partial charge on any atom is 0.223 e. The molecule has 0 radical (unpaired) electrons. The van der Waals surface area contributed by atoms with E-state index in [1.807, 2.05) is 35.4 Å². The molecule has 0 amide bonds. The summed E-state index contributed by atoms with van der Waals surface area (Å²) in [7, 11) is 0. The number of rotatable bonds is 6. The molecule has 9 nitrogen and oxygen atoms in total. The summed E-state index contributed by atoms with van der Waals surface area (Å²) in [6, 6.07) is 6.15. The molecule has 4 aromatic heterocycles. The Kier molecular flexibility index (Phi) is 4.89. The van der Waals surface area contributed by atoms with Gasteiger partial charge < -0.3 is 20.1 Å². The molecular formula is C21H23N7O2. The first-order chi connectivity index (χ1) is 14.7. The highest BCUT2D eigenvalue weighted by Gasteiger charge is 2.23. The van der Waals surface area contributed by atoms with Gasteiger partial charge in [0.25, 0.3) is 0 Å². The van der Waals surface area contributed by atoms with Gasteiger partial charge in [0.2, 0.25) is 5.95 Å². The summed E-state index contributed by atoms with van der Waals surface area (Å²) in [6.07, 6.45) is 7.88. The molecule has 1 aliphatic rings. The van der Waals surface area contributed by atoms with Gasteiger partial charge in [0.05, 0.1) is 24.4 Å². The number of aromatic nitrogens is 6. The van der Waals surface area contributed by atoms with Crippen LogP contribution in [0, 0.1) is 0 Å². The third-order valence-electron chi connectivity index (χ3n) is 5.17. The van der Waals surface area contributed by atoms with Crippen molar-refractivity contribution in [3.8, 4) is 22.5 Å². The van der Waals surface area contributed by atoms with Gasteiger partial charge in [-0.15, -0.1) is 0 Å². The van der Waals surface area contributed by atoms with E-state index in [1.54, 1.807) is 13.1 Å². The van der Waals surface area contributed by atoms with E-state index in [0.717, 1.165) is 46.6 Å². The van der Waals surface area contributed by atoms with Crippen LogP contribution in [0.15, 0.2) is 43.0 Å². The maximum atomic E-state index is 9.53. The van der Waals surface area contributed by atoms with E-state index in [1.165, 1.54) is 0 Å². The molecule has 1 fully saturated rings. The Hall–Kier alpha value is -3.30. The molecular weight excluding hydrogens is 382 g/mol. The molecule has 1 unspecified atom stereocenters. The van der Waals surface area contributed by atoms with Crippen molar-refractivity contribution >= 4 is 17.0 Å². The largest absolute Gasteiger partial charge is 0.392 e. The second-order valence-corrected chi connectivity index (χ2v) is 7.52. The molecule has 5 rings (SSSR count). The first-order valence-electron chi connectivity index (χ1n) is 10.0. The lowest BCUT2D eigenvalue weighted by Crippen LogP contribution is -2.16. The van der Waals surface area contributed by atoms with Crippen molar-refractivity contribution in [3.05, 3.63) is 43.0 Å². The fourth-order valence-electron chi connectivity index (χ4n) is 3.61. The van der Waals surface area contributed by atoms with E-state index in [9.17, 15) is 5.11 Å². The predicted molar refractivity (Wildman–Crippen MR) is 113 cm³/mol. The molecule has 9 heteroatoms. The third-order valence-corrected chi connectivity index (χ3v) is 5.17. The van der Waals surface area contributed by atoms with Crippen molar-refractivity contribution < 1.29 is 9.84 Å². The Balaban J connectivity index is 1.58. The summed E-state index contributed by atoms with van der Waals surface area (Å²) in [5, 5.41) is 18.5. The fraction of sp³-hybridized carbons (Fsp3) is 0.333. The number of H-pyrrole nitrogens is 1. The molecule has 0 saturated carbocycles. The smallest absolute Gasteiger partial charge is 0.223 e. The van der Waals surface area contributed by atoms with Crippen molar-refractivity contribution in [2.45, 2.75) is 25.5 Å². The highest BCUT2D eigenvalue weighted by atomic mass is 16.5. The lowest BCUT2D eigenvalue weighted by Gasteiger charge is -2.08. The second-order valence-electron chi connectivity index (χ2n) is 7.52. The molecule has 0 spiro atoms. The van der Waals surface area contributed by atoms with Crippen LogP contribution < -0.4 is 5.32 Å². The van der Waals surface area contributed by atoms with Gasteiger partial charge in [-0.2, -0.15) is 5.10 Å². The van der Waals surface area contributed by atoms with E-state index < -0.39 is 6.10 Å². The summed E-state index contributed by atoms with van der Waals surface area (Å²) < 4.78 is 7.53. The van der Waals surface area contributed by atoms with Crippen LogP contribution in [0.1, 0.15) is 19.4 Å². The highest BCUT2D eigenvalue weighted by molar-refractivity contribution is 5.85. The van der Waals surface area contributed by atoms with Gasteiger partial charge in [0, 0.05) is 54.5 Å². The number of hydrogen-bond acceptors (Lipinski definition) is 7. The molecule has 1 saturated heterocycles. The van der Waals surface area contributed by atoms with Gasteiger partial charge in [-0.25, -0.2) is 15.0 Å². The molecule has 0 aliphatic carbocycles. The summed E-state index contributed by atoms with van der Waals surface area (Å²) in [4.78, 5) is 16.6. The fourth-order valence-corrected chi connectivity index (χ4v) is 3.61. The summed E-state index contributed by atoms with van der Waals surface area (Å²) in [5.41, 5.74) is 4.24. The minimum Gasteiger partial charge on any atom is -0.392 e. The van der Waals surface area contributed by atoms with Crippen molar-refractivity contribution in [1.82, 2.24) is 29.7 Å². The van der Waals surface area contributed by atoms with Crippen molar-refractivity contribution in [1.29, 1.82) is 0 Å². The standard InChI is InChI=1S/C21H23N7O2/c1-13(29)9-25-21-23-6-3-18(26-21)17-11-28(16-4-7-30-12-16)27-19(17)15-8-14-2-5-22-20(14)24-10-15/h2-3,5-6,8,10-11,13,16,29H,4,7,9,12H2,1H3,(H,22,24)(H,23,25,26)/t13-,16?/m0/s1. The normalized spacial score (nSPS) is 17.5. The number of ether oxygens (including phenoxy) is 1. The highest BCUT2D eigenvalue weighted by Crippen LogP contribution is 2.33. The van der Waals surface area contributed by atoms with Crippen molar-refractivity contribution in [2.24, 2.45) is 0 Å². The summed E-state index contributed by atoms with van der Waals surface area (Å²) in [5.74, 6) is 0.468. The Morgan fingerprint density at radius 1 is 1.37 bits per heavy atom. The molecule has 0 aromatic carbocycles. The zero-order valence-electron chi connectivity index (χ0n) is 16.6. The van der Waals surface area contributed by atoms with Gasteiger partial charge in [-0.3, -0.25) is 4.68 Å².